The highest BCUT2D eigenvalue weighted by molar-refractivity contribution is 9.10. The molecule has 0 bridgehead atoms. The lowest BCUT2D eigenvalue weighted by molar-refractivity contribution is 0.606. The van der Waals surface area contributed by atoms with Gasteiger partial charge in [0.05, 0.1) is 6.54 Å². The van der Waals surface area contributed by atoms with Crippen LogP contribution < -0.4 is 0 Å². The first kappa shape index (κ1) is 14.7. The number of halogens is 2. The van der Waals surface area contributed by atoms with Gasteiger partial charge >= 0.3 is 0 Å². The summed E-state index contributed by atoms with van der Waals surface area (Å²) in [5.41, 5.74) is 0.625. The van der Waals surface area contributed by atoms with Gasteiger partial charge < -0.3 is 0 Å². The average molecular weight is 385 g/mol. The zero-order valence-electron chi connectivity index (χ0n) is 10.7. The molecule has 3 rings (SSSR count). The lowest BCUT2D eigenvalue weighted by Crippen LogP contribution is -2.02. The summed E-state index contributed by atoms with van der Waals surface area (Å²) in [4.78, 5) is 1.18. The third kappa shape index (κ3) is 3.69. The van der Waals surface area contributed by atoms with Crippen molar-refractivity contribution in [2.75, 3.05) is 0 Å². The molecular weight excluding hydrogens is 375 g/mol. The fraction of sp³-hybridized carbons (Fsp3) is 0.154. The quantitative estimate of drug-likeness (QED) is 0.624. The minimum Gasteiger partial charge on any atom is -0.215 e. The summed E-state index contributed by atoms with van der Waals surface area (Å²) in [6, 6.07) is 8.94. The number of aromatic nitrogens is 4. The number of benzene rings is 1. The monoisotopic (exact) mass is 384 g/mol. The van der Waals surface area contributed by atoms with Crippen molar-refractivity contribution in [1.82, 2.24) is 20.2 Å². The molecule has 0 amide bonds. The highest BCUT2D eigenvalue weighted by atomic mass is 79.9. The first-order chi connectivity index (χ1) is 10.2. The van der Waals surface area contributed by atoms with Crippen LogP contribution in [0.2, 0.25) is 0 Å². The lowest BCUT2D eigenvalue weighted by atomic mass is 10.2. The van der Waals surface area contributed by atoms with Crippen molar-refractivity contribution in [1.29, 1.82) is 0 Å². The van der Waals surface area contributed by atoms with E-state index in [1.807, 2.05) is 17.5 Å². The van der Waals surface area contributed by atoms with Gasteiger partial charge in [0.25, 0.3) is 0 Å². The van der Waals surface area contributed by atoms with Gasteiger partial charge in [-0.2, -0.15) is 0 Å². The second kappa shape index (κ2) is 6.67. The van der Waals surface area contributed by atoms with Crippen LogP contribution in [0.3, 0.4) is 0 Å². The Balaban J connectivity index is 1.71. The maximum atomic E-state index is 13.7. The minimum atomic E-state index is -0.219. The van der Waals surface area contributed by atoms with Crippen molar-refractivity contribution in [2.24, 2.45) is 0 Å². The minimum absolute atomic E-state index is 0.219. The summed E-state index contributed by atoms with van der Waals surface area (Å²) in [5.74, 6) is 0.263. The summed E-state index contributed by atoms with van der Waals surface area (Å²) >= 11 is 6.43. The molecule has 0 saturated heterocycles. The zero-order valence-corrected chi connectivity index (χ0v) is 14.0. The van der Waals surface area contributed by atoms with Gasteiger partial charge in [-0.1, -0.05) is 33.8 Å². The average Bonchev–Trinajstić information content (AvgIpc) is 3.12. The van der Waals surface area contributed by atoms with Gasteiger partial charge in [-0.05, 0) is 45.6 Å². The third-order valence-electron chi connectivity index (χ3n) is 2.75. The Hall–Kier alpha value is -1.25. The van der Waals surface area contributed by atoms with Crippen molar-refractivity contribution in [3.05, 3.63) is 56.4 Å². The van der Waals surface area contributed by atoms with Gasteiger partial charge in [0, 0.05) is 15.1 Å². The molecule has 108 valence electrons. The predicted molar refractivity (Wildman–Crippen MR) is 84.9 cm³/mol. The summed E-state index contributed by atoms with van der Waals surface area (Å²) < 4.78 is 16.3. The highest BCUT2D eigenvalue weighted by Gasteiger charge is 2.10. The molecule has 0 saturated carbocycles. The van der Waals surface area contributed by atoms with E-state index in [0.717, 1.165) is 4.47 Å². The third-order valence-corrected chi connectivity index (χ3v) is 5.11. The van der Waals surface area contributed by atoms with E-state index in [1.165, 1.54) is 22.7 Å². The van der Waals surface area contributed by atoms with Gasteiger partial charge in [0.1, 0.15) is 5.82 Å². The van der Waals surface area contributed by atoms with Crippen molar-refractivity contribution >= 4 is 39.0 Å². The molecule has 0 atom stereocenters. The number of thiophene rings is 1. The number of rotatable bonds is 5. The molecule has 4 nitrogen and oxygen atoms in total. The Morgan fingerprint density at radius 3 is 3.05 bits per heavy atom. The van der Waals surface area contributed by atoms with E-state index in [1.54, 1.807) is 28.2 Å². The molecule has 1 aromatic carbocycles. The summed E-state index contributed by atoms with van der Waals surface area (Å²) in [6.45, 7) is 0.633. The zero-order chi connectivity index (χ0) is 14.7. The Morgan fingerprint density at radius 2 is 2.24 bits per heavy atom. The number of nitrogens with zero attached hydrogens (tertiary/aromatic N) is 4. The fourth-order valence-electron chi connectivity index (χ4n) is 1.75. The van der Waals surface area contributed by atoms with Gasteiger partial charge in [0.2, 0.25) is 5.16 Å². The van der Waals surface area contributed by atoms with Crippen LogP contribution in [0.1, 0.15) is 10.4 Å². The van der Waals surface area contributed by atoms with Crippen molar-refractivity contribution in [2.45, 2.75) is 17.5 Å². The van der Waals surface area contributed by atoms with Crippen LogP contribution in [-0.4, -0.2) is 20.2 Å². The summed E-state index contributed by atoms with van der Waals surface area (Å²) in [7, 11) is 0. The van der Waals surface area contributed by atoms with Gasteiger partial charge in [-0.3, -0.25) is 0 Å². The van der Waals surface area contributed by atoms with E-state index < -0.39 is 0 Å². The summed E-state index contributed by atoms with van der Waals surface area (Å²) in [5, 5.41) is 14.4. The van der Waals surface area contributed by atoms with Crippen LogP contribution in [0, 0.1) is 5.82 Å². The Bertz CT molecular complexity index is 730. The van der Waals surface area contributed by atoms with Crippen LogP contribution in [0.5, 0.6) is 0 Å². The molecule has 0 aliphatic rings. The van der Waals surface area contributed by atoms with E-state index in [0.29, 0.717) is 23.0 Å². The first-order valence-corrected chi connectivity index (χ1v) is 8.73. The Kier molecular flexibility index (Phi) is 4.67. The lowest BCUT2D eigenvalue weighted by Gasteiger charge is -2.04. The maximum absolute atomic E-state index is 13.7. The van der Waals surface area contributed by atoms with Crippen LogP contribution in [0.25, 0.3) is 0 Å². The second-order valence-electron chi connectivity index (χ2n) is 4.22. The Labute approximate surface area is 137 Å². The molecule has 0 aliphatic carbocycles. The van der Waals surface area contributed by atoms with E-state index in [-0.39, 0.29) is 5.82 Å². The summed E-state index contributed by atoms with van der Waals surface area (Å²) in [6.07, 6.45) is 0. The van der Waals surface area contributed by atoms with Gasteiger partial charge in [-0.15, -0.1) is 16.4 Å². The number of hydrogen-bond acceptors (Lipinski definition) is 5. The molecular formula is C13H10BrFN4S2. The number of tetrazole rings is 1. The molecule has 0 unspecified atom stereocenters. The molecule has 0 spiro atoms. The van der Waals surface area contributed by atoms with E-state index in [9.17, 15) is 4.39 Å². The standard InChI is InChI=1S/C13H10BrFN4S2/c14-10-3-4-12(15)9(6-10)8-21-13-16-17-18-19(13)7-11-2-1-5-20-11/h1-6H,7-8H2. The number of thioether (sulfide) groups is 1. The van der Waals surface area contributed by atoms with Crippen molar-refractivity contribution in [3.63, 3.8) is 0 Å². The smallest absolute Gasteiger partial charge is 0.209 e. The molecule has 0 N–H and O–H groups in total. The van der Waals surface area contributed by atoms with Crippen molar-refractivity contribution in [3.8, 4) is 0 Å². The van der Waals surface area contributed by atoms with E-state index >= 15 is 0 Å². The molecule has 0 fully saturated rings. The molecule has 2 heterocycles. The Morgan fingerprint density at radius 1 is 1.33 bits per heavy atom. The van der Waals surface area contributed by atoms with Crippen LogP contribution >= 0.6 is 39.0 Å². The molecule has 21 heavy (non-hydrogen) atoms. The molecule has 0 radical (unpaired) electrons. The second-order valence-corrected chi connectivity index (χ2v) is 7.11. The van der Waals surface area contributed by atoms with Gasteiger partial charge in [0.15, 0.2) is 0 Å². The normalized spacial score (nSPS) is 11.0. The largest absolute Gasteiger partial charge is 0.215 e. The van der Waals surface area contributed by atoms with Crippen LogP contribution in [0.4, 0.5) is 4.39 Å². The fourth-order valence-corrected chi connectivity index (χ4v) is 3.69. The topological polar surface area (TPSA) is 43.6 Å². The van der Waals surface area contributed by atoms with Gasteiger partial charge in [-0.25, -0.2) is 9.07 Å². The predicted octanol–water partition coefficient (Wildman–Crippen LogP) is 3.98. The maximum Gasteiger partial charge on any atom is 0.209 e. The first-order valence-electron chi connectivity index (χ1n) is 6.07. The molecule has 8 heteroatoms. The van der Waals surface area contributed by atoms with Crippen molar-refractivity contribution < 1.29 is 4.39 Å². The molecule has 2 aromatic heterocycles. The molecule has 0 aliphatic heterocycles. The highest BCUT2D eigenvalue weighted by Crippen LogP contribution is 2.25. The number of hydrogen-bond donors (Lipinski definition) is 0. The van der Waals surface area contributed by atoms with E-state index in [4.69, 9.17) is 0 Å². The SMILES string of the molecule is Fc1ccc(Br)cc1CSc1nnnn1Cc1cccs1. The van der Waals surface area contributed by atoms with Crippen LogP contribution in [0.15, 0.2) is 45.3 Å². The molecule has 3 aromatic rings. The van der Waals surface area contributed by atoms with Crippen LogP contribution in [-0.2, 0) is 12.3 Å². The van der Waals surface area contributed by atoms with E-state index in [2.05, 4.69) is 31.5 Å².